The summed E-state index contributed by atoms with van der Waals surface area (Å²) >= 11 is 0. The van der Waals surface area contributed by atoms with Gasteiger partial charge < -0.3 is 18.7 Å². The van der Waals surface area contributed by atoms with Gasteiger partial charge in [0.15, 0.2) is 29.1 Å². The second-order valence-electron chi connectivity index (χ2n) is 5.58. The maximum Gasteiger partial charge on any atom is 0.280 e. The Morgan fingerprint density at radius 2 is 2.16 bits per heavy atom. The van der Waals surface area contributed by atoms with Gasteiger partial charge >= 0.3 is 0 Å². The smallest absolute Gasteiger partial charge is 0.280 e. The largest absolute Gasteiger partial charge is 0.486 e. The molecule has 0 aliphatic carbocycles. The Hall–Kier alpha value is -2.94. The Morgan fingerprint density at radius 3 is 3.04 bits per heavy atom. The van der Waals surface area contributed by atoms with E-state index >= 15 is 0 Å². The van der Waals surface area contributed by atoms with Crippen molar-refractivity contribution in [2.24, 2.45) is 0 Å². The summed E-state index contributed by atoms with van der Waals surface area (Å²) < 4.78 is 23.5. The van der Waals surface area contributed by atoms with E-state index in [2.05, 4.69) is 20.5 Å². The van der Waals surface area contributed by atoms with Crippen LogP contribution >= 0.6 is 0 Å². The SMILES string of the molecule is COCCc1noc(-c2cn(C[C@@H]3COc4ccccc4O3)nn2)n1. The molecule has 0 saturated carbocycles. The molecule has 25 heavy (non-hydrogen) atoms. The third-order valence-corrected chi connectivity index (χ3v) is 3.71. The molecular weight excluding hydrogens is 326 g/mol. The maximum atomic E-state index is 5.92. The van der Waals surface area contributed by atoms with Gasteiger partial charge in [-0.05, 0) is 12.1 Å². The quantitative estimate of drug-likeness (QED) is 0.662. The number of methoxy groups -OCH3 is 1. The van der Waals surface area contributed by atoms with Gasteiger partial charge in [-0.3, -0.25) is 0 Å². The number of ether oxygens (including phenoxy) is 3. The molecule has 9 heteroatoms. The predicted octanol–water partition coefficient (Wildman–Crippen LogP) is 1.36. The lowest BCUT2D eigenvalue weighted by Crippen LogP contribution is -2.33. The van der Waals surface area contributed by atoms with Crippen LogP contribution in [0.5, 0.6) is 11.5 Å². The van der Waals surface area contributed by atoms with E-state index in [4.69, 9.17) is 18.7 Å². The molecule has 0 radical (unpaired) electrons. The van der Waals surface area contributed by atoms with Crippen LogP contribution in [0.15, 0.2) is 35.0 Å². The van der Waals surface area contributed by atoms with E-state index in [9.17, 15) is 0 Å². The van der Waals surface area contributed by atoms with Crippen molar-refractivity contribution in [1.29, 1.82) is 0 Å². The van der Waals surface area contributed by atoms with Gasteiger partial charge in [-0.2, -0.15) is 4.98 Å². The fraction of sp³-hybridized carbons (Fsp3) is 0.375. The van der Waals surface area contributed by atoms with E-state index in [0.717, 1.165) is 11.5 Å². The number of rotatable bonds is 6. The first-order valence-electron chi connectivity index (χ1n) is 7.92. The lowest BCUT2D eigenvalue weighted by atomic mass is 10.2. The molecule has 4 rings (SSSR count). The number of hydrogen-bond acceptors (Lipinski definition) is 8. The molecule has 0 N–H and O–H groups in total. The molecule has 1 aromatic carbocycles. The van der Waals surface area contributed by atoms with E-state index in [-0.39, 0.29) is 6.10 Å². The molecule has 9 nitrogen and oxygen atoms in total. The van der Waals surface area contributed by atoms with Crippen LogP contribution in [0.3, 0.4) is 0 Å². The fourth-order valence-electron chi connectivity index (χ4n) is 2.50. The molecule has 1 atom stereocenters. The number of nitrogens with zero attached hydrogens (tertiary/aromatic N) is 5. The second-order valence-corrected chi connectivity index (χ2v) is 5.58. The van der Waals surface area contributed by atoms with Gasteiger partial charge in [-0.1, -0.05) is 22.5 Å². The Kier molecular flexibility index (Phi) is 4.30. The van der Waals surface area contributed by atoms with E-state index in [1.165, 1.54) is 0 Å². The zero-order valence-electron chi connectivity index (χ0n) is 13.7. The van der Waals surface area contributed by atoms with E-state index in [1.54, 1.807) is 18.0 Å². The Balaban J connectivity index is 1.41. The van der Waals surface area contributed by atoms with Gasteiger partial charge in [0.25, 0.3) is 5.89 Å². The summed E-state index contributed by atoms with van der Waals surface area (Å²) in [5.41, 5.74) is 0.522. The van der Waals surface area contributed by atoms with Crippen LogP contribution in [-0.4, -0.2) is 51.6 Å². The first-order chi connectivity index (χ1) is 12.3. The van der Waals surface area contributed by atoms with Crippen molar-refractivity contribution in [3.63, 3.8) is 0 Å². The minimum atomic E-state index is -0.149. The molecule has 1 aliphatic heterocycles. The van der Waals surface area contributed by atoms with Crippen molar-refractivity contribution in [2.45, 2.75) is 19.1 Å². The van der Waals surface area contributed by atoms with Gasteiger partial charge in [0.2, 0.25) is 0 Å². The number of aromatic nitrogens is 5. The molecule has 0 fully saturated rings. The molecule has 3 aromatic rings. The van der Waals surface area contributed by atoms with Crippen LogP contribution in [0.4, 0.5) is 0 Å². The molecule has 130 valence electrons. The lowest BCUT2D eigenvalue weighted by molar-refractivity contribution is 0.0755. The summed E-state index contributed by atoms with van der Waals surface area (Å²) in [7, 11) is 1.63. The summed E-state index contributed by atoms with van der Waals surface area (Å²) in [5, 5.41) is 12.1. The van der Waals surface area contributed by atoms with Crippen LogP contribution in [0.25, 0.3) is 11.6 Å². The Morgan fingerprint density at radius 1 is 1.28 bits per heavy atom. The number of benzene rings is 1. The maximum absolute atomic E-state index is 5.92. The molecule has 3 heterocycles. The number of hydrogen-bond donors (Lipinski definition) is 0. The van der Waals surface area contributed by atoms with Crippen LogP contribution < -0.4 is 9.47 Å². The minimum Gasteiger partial charge on any atom is -0.486 e. The fourth-order valence-corrected chi connectivity index (χ4v) is 2.50. The molecular formula is C16H17N5O4. The first-order valence-corrected chi connectivity index (χ1v) is 7.92. The molecule has 1 aliphatic rings. The van der Waals surface area contributed by atoms with E-state index in [1.807, 2.05) is 24.3 Å². The predicted molar refractivity (Wildman–Crippen MR) is 85.2 cm³/mol. The molecule has 0 bridgehead atoms. The normalized spacial score (nSPS) is 16.1. The number of fused-ring (bicyclic) bond motifs is 1. The van der Waals surface area contributed by atoms with Crippen molar-refractivity contribution < 1.29 is 18.7 Å². The average molecular weight is 343 g/mol. The van der Waals surface area contributed by atoms with Crippen LogP contribution in [0, 0.1) is 0 Å². The summed E-state index contributed by atoms with van der Waals surface area (Å²) in [6.07, 6.45) is 2.18. The monoisotopic (exact) mass is 343 g/mol. The topological polar surface area (TPSA) is 97.3 Å². The average Bonchev–Trinajstić information content (AvgIpc) is 3.29. The van der Waals surface area contributed by atoms with Gasteiger partial charge in [-0.15, -0.1) is 5.10 Å². The molecule has 0 unspecified atom stereocenters. The van der Waals surface area contributed by atoms with Crippen molar-refractivity contribution >= 4 is 0 Å². The van der Waals surface area contributed by atoms with Crippen molar-refractivity contribution in [2.75, 3.05) is 20.3 Å². The zero-order valence-corrected chi connectivity index (χ0v) is 13.7. The summed E-state index contributed by atoms with van der Waals surface area (Å²) in [4.78, 5) is 4.28. The van der Waals surface area contributed by atoms with Crippen molar-refractivity contribution in [3.05, 3.63) is 36.3 Å². The first kappa shape index (κ1) is 15.6. The van der Waals surface area contributed by atoms with Crippen LogP contribution in [0.2, 0.25) is 0 Å². The Labute approximate surface area is 143 Å². The van der Waals surface area contributed by atoms with Crippen molar-refractivity contribution in [1.82, 2.24) is 25.1 Å². The van der Waals surface area contributed by atoms with Crippen LogP contribution in [-0.2, 0) is 17.7 Å². The van der Waals surface area contributed by atoms with Crippen LogP contribution in [0.1, 0.15) is 5.82 Å². The number of para-hydroxylation sites is 2. The van der Waals surface area contributed by atoms with Gasteiger partial charge in [-0.25, -0.2) is 4.68 Å². The third kappa shape index (κ3) is 3.45. The molecule has 0 saturated heterocycles. The van der Waals surface area contributed by atoms with E-state index in [0.29, 0.717) is 43.6 Å². The summed E-state index contributed by atoms with van der Waals surface area (Å²) in [5.74, 6) is 2.40. The minimum absolute atomic E-state index is 0.149. The third-order valence-electron chi connectivity index (χ3n) is 3.71. The van der Waals surface area contributed by atoms with Gasteiger partial charge in [0, 0.05) is 13.5 Å². The highest BCUT2D eigenvalue weighted by atomic mass is 16.6. The highest BCUT2D eigenvalue weighted by Crippen LogP contribution is 2.31. The second kappa shape index (κ2) is 6.89. The standard InChI is InChI=1S/C16H17N5O4/c1-22-7-6-15-17-16(25-19-15)12-9-21(20-18-12)8-11-10-23-13-4-2-3-5-14(13)24-11/h2-5,9,11H,6-8,10H2,1H3/t11-/m1/s1. The van der Waals surface area contributed by atoms with Crippen molar-refractivity contribution in [3.8, 4) is 23.1 Å². The van der Waals surface area contributed by atoms with Gasteiger partial charge in [0.1, 0.15) is 6.61 Å². The molecule has 0 amide bonds. The molecule has 0 spiro atoms. The van der Waals surface area contributed by atoms with Gasteiger partial charge in [0.05, 0.1) is 19.3 Å². The Bertz CT molecular complexity index is 846. The zero-order chi connectivity index (χ0) is 17.1. The van der Waals surface area contributed by atoms with E-state index < -0.39 is 0 Å². The summed E-state index contributed by atoms with van der Waals surface area (Å²) in [6, 6.07) is 7.59. The summed E-state index contributed by atoms with van der Waals surface area (Å²) in [6.45, 7) is 1.49. The highest BCUT2D eigenvalue weighted by molar-refractivity contribution is 5.43. The molecule has 2 aromatic heterocycles. The lowest BCUT2D eigenvalue weighted by Gasteiger charge is -2.26. The highest BCUT2D eigenvalue weighted by Gasteiger charge is 2.22.